The van der Waals surface area contributed by atoms with Crippen molar-refractivity contribution in [2.45, 2.75) is 26.4 Å². The van der Waals surface area contributed by atoms with Crippen molar-refractivity contribution in [3.63, 3.8) is 0 Å². The van der Waals surface area contributed by atoms with Crippen LogP contribution < -0.4 is 10.1 Å². The number of benzene rings is 1. The molecule has 1 aliphatic heterocycles. The van der Waals surface area contributed by atoms with Gasteiger partial charge in [0.1, 0.15) is 5.75 Å². The molecule has 24 heavy (non-hydrogen) atoms. The summed E-state index contributed by atoms with van der Waals surface area (Å²) in [6.45, 7) is 4.89. The van der Waals surface area contributed by atoms with Gasteiger partial charge in [-0.15, -0.1) is 0 Å². The van der Waals surface area contributed by atoms with E-state index < -0.39 is 0 Å². The second-order valence-corrected chi connectivity index (χ2v) is 6.29. The highest BCUT2D eigenvalue weighted by atomic mass is 16.5. The Kier molecular flexibility index (Phi) is 5.03. The molecule has 2 amide bonds. The minimum Gasteiger partial charge on any atom is -0.496 e. The number of carbonyl (C=O) groups excluding carboxylic acids is 1. The third-order valence-corrected chi connectivity index (χ3v) is 4.39. The molecule has 1 aromatic carbocycles. The van der Waals surface area contributed by atoms with Crippen LogP contribution in [0.15, 0.2) is 36.7 Å². The lowest BCUT2D eigenvalue weighted by molar-refractivity contribution is 0.189. The van der Waals surface area contributed by atoms with Crippen LogP contribution in [0.25, 0.3) is 0 Å². The van der Waals surface area contributed by atoms with Crippen LogP contribution in [0.3, 0.4) is 0 Å². The number of rotatable bonds is 5. The number of hydrogen-bond acceptors (Lipinski definition) is 3. The molecule has 3 rings (SSSR count). The summed E-state index contributed by atoms with van der Waals surface area (Å²) in [5.41, 5.74) is 2.39. The fraction of sp³-hybridized carbons (Fsp3) is 0.444. The first kappa shape index (κ1) is 16.4. The molecule has 128 valence electrons. The lowest BCUT2D eigenvalue weighted by Gasteiger charge is -2.30. The zero-order valence-corrected chi connectivity index (χ0v) is 14.2. The van der Waals surface area contributed by atoms with Gasteiger partial charge >= 0.3 is 6.03 Å². The van der Waals surface area contributed by atoms with E-state index in [-0.39, 0.29) is 6.03 Å². The number of fused-ring (bicyclic) bond motifs is 1. The van der Waals surface area contributed by atoms with E-state index in [9.17, 15) is 4.79 Å². The lowest BCUT2D eigenvalue weighted by Crippen LogP contribution is -2.44. The fourth-order valence-electron chi connectivity index (χ4n) is 3.10. The zero-order valence-electron chi connectivity index (χ0n) is 14.2. The Labute approximate surface area is 142 Å². The summed E-state index contributed by atoms with van der Waals surface area (Å²) in [6.07, 6.45) is 4.54. The van der Waals surface area contributed by atoms with Gasteiger partial charge in [-0.25, -0.2) is 4.79 Å². The first-order valence-electron chi connectivity index (χ1n) is 8.32. The molecular formula is C18H24N4O2. The monoisotopic (exact) mass is 328 g/mol. The van der Waals surface area contributed by atoms with Crippen LogP contribution in [-0.2, 0) is 19.5 Å². The minimum absolute atomic E-state index is 0.00390. The number of amides is 2. The maximum Gasteiger partial charge on any atom is 0.317 e. The number of urea groups is 1. The van der Waals surface area contributed by atoms with Crippen LogP contribution >= 0.6 is 0 Å². The van der Waals surface area contributed by atoms with E-state index in [1.165, 1.54) is 11.1 Å². The molecule has 1 aliphatic rings. The van der Waals surface area contributed by atoms with Gasteiger partial charge in [0.25, 0.3) is 0 Å². The molecule has 0 saturated heterocycles. The summed E-state index contributed by atoms with van der Waals surface area (Å²) in [7, 11) is 1.69. The maximum atomic E-state index is 12.4. The van der Waals surface area contributed by atoms with Gasteiger partial charge in [0.05, 0.1) is 7.11 Å². The smallest absolute Gasteiger partial charge is 0.317 e. The van der Waals surface area contributed by atoms with Crippen LogP contribution in [0, 0.1) is 5.92 Å². The molecule has 6 nitrogen and oxygen atoms in total. The number of aromatic nitrogens is 2. The molecule has 1 aromatic heterocycles. The van der Waals surface area contributed by atoms with E-state index in [0.717, 1.165) is 18.7 Å². The molecule has 0 bridgehead atoms. The Morgan fingerprint density at radius 3 is 3.04 bits per heavy atom. The number of hydrogen-bond donors (Lipinski definition) is 1. The Hall–Kier alpha value is -2.50. The van der Waals surface area contributed by atoms with Crippen LogP contribution in [0.2, 0.25) is 0 Å². The molecule has 6 heteroatoms. The normalized spacial score (nSPS) is 14.8. The maximum absolute atomic E-state index is 12.4. The van der Waals surface area contributed by atoms with Gasteiger partial charge in [-0.1, -0.05) is 19.1 Å². The van der Waals surface area contributed by atoms with Crippen LogP contribution in [-0.4, -0.2) is 40.9 Å². The third kappa shape index (κ3) is 3.69. The highest BCUT2D eigenvalue weighted by Gasteiger charge is 2.22. The van der Waals surface area contributed by atoms with Crippen molar-refractivity contribution >= 4 is 6.03 Å². The standard InChI is InChI=1S/C18H24N4O2/c1-14(12-22-9-4-8-20-22)11-19-18(23)21-10-7-16-15(13-21)5-3-6-17(16)24-2/h3-6,8-9,14H,7,10-13H2,1-2H3,(H,19,23)/t14-/m0/s1. The molecule has 2 heterocycles. The van der Waals surface area contributed by atoms with Crippen LogP contribution in [0.1, 0.15) is 18.1 Å². The van der Waals surface area contributed by atoms with Gasteiger partial charge in [-0.2, -0.15) is 5.10 Å². The van der Waals surface area contributed by atoms with Crippen LogP contribution in [0.4, 0.5) is 4.79 Å². The zero-order chi connectivity index (χ0) is 16.9. The fourth-order valence-corrected chi connectivity index (χ4v) is 3.10. The number of carbonyl (C=O) groups is 1. The Morgan fingerprint density at radius 2 is 2.29 bits per heavy atom. The third-order valence-electron chi connectivity index (χ3n) is 4.39. The molecule has 2 aromatic rings. The van der Waals surface area contributed by atoms with Gasteiger partial charge in [0, 0.05) is 44.1 Å². The average Bonchev–Trinajstić information content (AvgIpc) is 3.11. The summed E-state index contributed by atoms with van der Waals surface area (Å²) in [6, 6.07) is 7.93. The Bertz CT molecular complexity index is 684. The van der Waals surface area contributed by atoms with Crippen molar-refractivity contribution in [1.82, 2.24) is 20.0 Å². The summed E-state index contributed by atoms with van der Waals surface area (Å²) in [5, 5.41) is 7.23. The molecule has 1 N–H and O–H groups in total. The van der Waals surface area contributed by atoms with Gasteiger partial charge in [-0.05, 0) is 30.0 Å². The number of methoxy groups -OCH3 is 1. The summed E-state index contributed by atoms with van der Waals surface area (Å²) in [4.78, 5) is 14.3. The van der Waals surface area contributed by atoms with Crippen molar-refractivity contribution in [3.05, 3.63) is 47.8 Å². The number of ether oxygens (including phenoxy) is 1. The SMILES string of the molecule is COc1cccc2c1CCN(C(=O)NC[C@H](C)Cn1cccn1)C2. The second kappa shape index (κ2) is 7.38. The van der Waals surface area contributed by atoms with Gasteiger partial charge < -0.3 is 15.0 Å². The van der Waals surface area contributed by atoms with Crippen molar-refractivity contribution in [2.24, 2.45) is 5.92 Å². The van der Waals surface area contributed by atoms with Crippen LogP contribution in [0.5, 0.6) is 5.75 Å². The minimum atomic E-state index is -0.00390. The molecular weight excluding hydrogens is 304 g/mol. The number of nitrogens with one attached hydrogen (secondary N) is 1. The van der Waals surface area contributed by atoms with E-state index in [1.54, 1.807) is 13.3 Å². The van der Waals surface area contributed by atoms with E-state index in [0.29, 0.717) is 25.6 Å². The molecule has 0 aliphatic carbocycles. The van der Waals surface area contributed by atoms with Gasteiger partial charge in [0.15, 0.2) is 0 Å². The summed E-state index contributed by atoms with van der Waals surface area (Å²) < 4.78 is 7.30. The molecule has 0 unspecified atom stereocenters. The Morgan fingerprint density at radius 1 is 1.42 bits per heavy atom. The second-order valence-electron chi connectivity index (χ2n) is 6.29. The molecule has 0 saturated carbocycles. The highest BCUT2D eigenvalue weighted by Crippen LogP contribution is 2.27. The van der Waals surface area contributed by atoms with Gasteiger partial charge in [0.2, 0.25) is 0 Å². The average molecular weight is 328 g/mol. The summed E-state index contributed by atoms with van der Waals surface area (Å²) in [5.74, 6) is 1.24. The van der Waals surface area contributed by atoms with E-state index in [2.05, 4.69) is 23.4 Å². The van der Waals surface area contributed by atoms with E-state index >= 15 is 0 Å². The first-order valence-corrected chi connectivity index (χ1v) is 8.32. The van der Waals surface area contributed by atoms with E-state index in [4.69, 9.17) is 4.74 Å². The number of nitrogens with zero attached hydrogens (tertiary/aromatic N) is 3. The van der Waals surface area contributed by atoms with E-state index in [1.807, 2.05) is 34.0 Å². The summed E-state index contributed by atoms with van der Waals surface area (Å²) >= 11 is 0. The molecule has 0 radical (unpaired) electrons. The highest BCUT2D eigenvalue weighted by molar-refractivity contribution is 5.74. The molecule has 1 atom stereocenters. The van der Waals surface area contributed by atoms with Crippen molar-refractivity contribution < 1.29 is 9.53 Å². The predicted molar refractivity (Wildman–Crippen MR) is 91.9 cm³/mol. The van der Waals surface area contributed by atoms with Crippen molar-refractivity contribution in [2.75, 3.05) is 20.2 Å². The van der Waals surface area contributed by atoms with Crippen molar-refractivity contribution in [1.29, 1.82) is 0 Å². The Balaban J connectivity index is 1.52. The molecule has 0 spiro atoms. The quantitative estimate of drug-likeness (QED) is 0.916. The lowest BCUT2D eigenvalue weighted by atomic mass is 9.99. The first-order chi connectivity index (χ1) is 11.7. The van der Waals surface area contributed by atoms with Crippen molar-refractivity contribution in [3.8, 4) is 5.75 Å². The van der Waals surface area contributed by atoms with Gasteiger partial charge in [-0.3, -0.25) is 4.68 Å². The largest absolute Gasteiger partial charge is 0.496 e. The molecule has 0 fully saturated rings. The topological polar surface area (TPSA) is 59.4 Å². The predicted octanol–water partition coefficient (Wildman–Crippen LogP) is 2.30.